The highest BCUT2D eigenvalue weighted by Gasteiger charge is 2.39. The highest BCUT2D eigenvalue weighted by Crippen LogP contribution is 2.48. The lowest BCUT2D eigenvalue weighted by atomic mass is 9.77. The molecule has 3 fully saturated rings. The topological polar surface area (TPSA) is 84.5 Å². The molecule has 1 saturated heterocycles. The minimum Gasteiger partial charge on any atom is -0.494 e. The summed E-state index contributed by atoms with van der Waals surface area (Å²) < 4.78 is 31.7. The van der Waals surface area contributed by atoms with Crippen molar-refractivity contribution < 1.29 is 17.9 Å². The van der Waals surface area contributed by atoms with Gasteiger partial charge in [-0.3, -0.25) is 4.79 Å². The molecule has 2 saturated carbocycles. The zero-order valence-corrected chi connectivity index (χ0v) is 17.1. The van der Waals surface area contributed by atoms with Gasteiger partial charge in [-0.2, -0.15) is 0 Å². The zero-order chi connectivity index (χ0) is 19.6. The first kappa shape index (κ1) is 19.7. The molecule has 0 radical (unpaired) electrons. The second kappa shape index (κ2) is 8.03. The minimum absolute atomic E-state index is 0.334. The summed E-state index contributed by atoms with van der Waals surface area (Å²) in [5.41, 5.74) is 0.909. The molecule has 1 aromatic carbocycles. The summed E-state index contributed by atoms with van der Waals surface area (Å²) >= 11 is 0. The van der Waals surface area contributed by atoms with E-state index in [1.165, 1.54) is 32.1 Å². The Bertz CT molecular complexity index is 796. The number of benzene rings is 1. The van der Waals surface area contributed by atoms with E-state index in [-0.39, 0.29) is 0 Å². The van der Waals surface area contributed by atoms with Gasteiger partial charge in [0.1, 0.15) is 5.75 Å². The van der Waals surface area contributed by atoms with E-state index in [1.807, 2.05) is 0 Å². The SMILES string of the molecule is O=C(NS(=O)(=O)C1CC1)c1ccc(OCCC2CCC3(CCNCC3)C2)cc1. The molecule has 2 N–H and O–H groups in total. The molecule has 3 aliphatic rings. The van der Waals surface area contributed by atoms with Crippen LogP contribution in [0.25, 0.3) is 0 Å². The summed E-state index contributed by atoms with van der Waals surface area (Å²) in [5.74, 6) is 0.892. The number of carbonyl (C=O) groups is 1. The Hall–Kier alpha value is -1.60. The van der Waals surface area contributed by atoms with Crippen LogP contribution in [0.1, 0.15) is 61.7 Å². The third-order valence-electron chi connectivity index (χ3n) is 6.58. The van der Waals surface area contributed by atoms with Gasteiger partial charge in [-0.15, -0.1) is 0 Å². The van der Waals surface area contributed by atoms with Crippen molar-refractivity contribution in [1.82, 2.24) is 10.0 Å². The fourth-order valence-corrected chi connectivity index (χ4v) is 5.98. The lowest BCUT2D eigenvalue weighted by molar-refractivity contribution is 0.0981. The van der Waals surface area contributed by atoms with Crippen molar-refractivity contribution in [3.63, 3.8) is 0 Å². The van der Waals surface area contributed by atoms with Gasteiger partial charge in [-0.1, -0.05) is 0 Å². The summed E-state index contributed by atoms with van der Waals surface area (Å²) in [6.45, 7) is 3.00. The van der Waals surface area contributed by atoms with Gasteiger partial charge in [0.15, 0.2) is 0 Å². The van der Waals surface area contributed by atoms with E-state index in [1.54, 1.807) is 24.3 Å². The Balaban J connectivity index is 1.22. The number of piperidine rings is 1. The maximum Gasteiger partial charge on any atom is 0.264 e. The third-order valence-corrected chi connectivity index (χ3v) is 8.40. The maximum atomic E-state index is 12.1. The molecule has 1 heterocycles. The van der Waals surface area contributed by atoms with Crippen LogP contribution in [0.2, 0.25) is 0 Å². The van der Waals surface area contributed by atoms with Crippen LogP contribution in [0.5, 0.6) is 5.75 Å². The molecular formula is C21H30N2O4S. The largest absolute Gasteiger partial charge is 0.494 e. The van der Waals surface area contributed by atoms with Crippen LogP contribution >= 0.6 is 0 Å². The number of nitrogens with one attached hydrogen (secondary N) is 2. The fourth-order valence-electron chi connectivity index (χ4n) is 4.68. The van der Waals surface area contributed by atoms with Gasteiger partial charge in [0, 0.05) is 5.56 Å². The van der Waals surface area contributed by atoms with Gasteiger partial charge >= 0.3 is 0 Å². The van der Waals surface area contributed by atoms with E-state index in [2.05, 4.69) is 10.0 Å². The molecule has 7 heteroatoms. The second-order valence-corrected chi connectivity index (χ2v) is 10.7. The normalized spacial score (nSPS) is 24.2. The van der Waals surface area contributed by atoms with Crippen molar-refractivity contribution in [3.8, 4) is 5.75 Å². The van der Waals surface area contributed by atoms with Crippen molar-refractivity contribution >= 4 is 15.9 Å². The van der Waals surface area contributed by atoms with Crippen LogP contribution in [0, 0.1) is 11.3 Å². The highest BCUT2D eigenvalue weighted by atomic mass is 32.2. The molecule has 4 rings (SSSR count). The zero-order valence-electron chi connectivity index (χ0n) is 16.3. The van der Waals surface area contributed by atoms with Crippen LogP contribution in [0.4, 0.5) is 0 Å². The second-order valence-electron chi connectivity index (χ2n) is 8.70. The maximum absolute atomic E-state index is 12.1. The van der Waals surface area contributed by atoms with E-state index in [0.717, 1.165) is 31.2 Å². The van der Waals surface area contributed by atoms with Gasteiger partial charge in [0.05, 0.1) is 11.9 Å². The van der Waals surface area contributed by atoms with Crippen LogP contribution in [0.3, 0.4) is 0 Å². The average Bonchev–Trinajstić information content (AvgIpc) is 3.48. The Morgan fingerprint density at radius 2 is 1.82 bits per heavy atom. The lowest BCUT2D eigenvalue weighted by Gasteiger charge is -2.34. The number of carbonyl (C=O) groups excluding carboxylic acids is 1. The number of hydrogen-bond acceptors (Lipinski definition) is 5. The molecule has 0 bridgehead atoms. The van der Waals surface area contributed by atoms with E-state index in [4.69, 9.17) is 4.74 Å². The van der Waals surface area contributed by atoms with Gasteiger partial charge in [0.25, 0.3) is 5.91 Å². The van der Waals surface area contributed by atoms with Crippen molar-refractivity contribution in [1.29, 1.82) is 0 Å². The molecule has 1 amide bonds. The molecule has 1 unspecified atom stereocenters. The van der Waals surface area contributed by atoms with Gasteiger partial charge < -0.3 is 10.1 Å². The number of sulfonamides is 1. The molecule has 28 heavy (non-hydrogen) atoms. The Morgan fingerprint density at radius 3 is 2.50 bits per heavy atom. The van der Waals surface area contributed by atoms with Crippen LogP contribution in [0.15, 0.2) is 24.3 Å². The number of hydrogen-bond donors (Lipinski definition) is 2. The quantitative estimate of drug-likeness (QED) is 0.727. The summed E-state index contributed by atoms with van der Waals surface area (Å²) in [4.78, 5) is 12.1. The first-order chi connectivity index (χ1) is 13.5. The Kier molecular flexibility index (Phi) is 5.65. The molecule has 1 atom stereocenters. The molecule has 1 aliphatic heterocycles. The number of rotatable bonds is 7. The van der Waals surface area contributed by atoms with E-state index >= 15 is 0 Å². The molecule has 1 spiro atoms. The summed E-state index contributed by atoms with van der Waals surface area (Å²) in [6.07, 6.45) is 8.94. The summed E-state index contributed by atoms with van der Waals surface area (Å²) in [5, 5.41) is 3.06. The van der Waals surface area contributed by atoms with Crippen LogP contribution < -0.4 is 14.8 Å². The van der Waals surface area contributed by atoms with E-state index in [0.29, 0.717) is 30.4 Å². The molecule has 0 aromatic heterocycles. The first-order valence-corrected chi connectivity index (χ1v) is 12.0. The predicted molar refractivity (Wildman–Crippen MR) is 108 cm³/mol. The molecule has 6 nitrogen and oxygen atoms in total. The van der Waals surface area contributed by atoms with Gasteiger partial charge in [-0.05, 0) is 100 Å². The highest BCUT2D eigenvalue weighted by molar-refractivity contribution is 7.91. The average molecular weight is 407 g/mol. The molecular weight excluding hydrogens is 376 g/mol. The Labute approximate surface area is 167 Å². The van der Waals surface area contributed by atoms with Crippen LogP contribution in [-0.2, 0) is 10.0 Å². The van der Waals surface area contributed by atoms with Crippen molar-refractivity contribution in [2.24, 2.45) is 11.3 Å². The van der Waals surface area contributed by atoms with Crippen LogP contribution in [-0.4, -0.2) is 39.3 Å². The van der Waals surface area contributed by atoms with Crippen molar-refractivity contribution in [2.45, 2.75) is 56.6 Å². The van der Waals surface area contributed by atoms with Gasteiger partial charge in [-0.25, -0.2) is 13.1 Å². The standard InChI is InChI=1S/C21H30N2O4S/c24-20(23-28(25,26)19-5-6-19)17-1-3-18(4-2-17)27-14-8-16-7-9-21(15-16)10-12-22-13-11-21/h1-4,16,19,22H,5-15H2,(H,23,24). The molecule has 2 aliphatic carbocycles. The minimum atomic E-state index is -3.51. The van der Waals surface area contributed by atoms with Crippen molar-refractivity contribution in [3.05, 3.63) is 29.8 Å². The fraction of sp³-hybridized carbons (Fsp3) is 0.667. The number of amides is 1. The smallest absolute Gasteiger partial charge is 0.264 e. The third kappa shape index (κ3) is 4.69. The monoisotopic (exact) mass is 406 g/mol. The lowest BCUT2D eigenvalue weighted by Crippen LogP contribution is -2.35. The summed E-state index contributed by atoms with van der Waals surface area (Å²) in [7, 11) is -3.51. The molecule has 154 valence electrons. The van der Waals surface area contributed by atoms with E-state index < -0.39 is 21.2 Å². The van der Waals surface area contributed by atoms with Crippen molar-refractivity contribution in [2.75, 3.05) is 19.7 Å². The summed E-state index contributed by atoms with van der Waals surface area (Å²) in [6, 6.07) is 6.71. The Morgan fingerprint density at radius 1 is 1.11 bits per heavy atom. The predicted octanol–water partition coefficient (Wildman–Crippen LogP) is 2.85. The van der Waals surface area contributed by atoms with E-state index in [9.17, 15) is 13.2 Å². The van der Waals surface area contributed by atoms with Gasteiger partial charge in [0.2, 0.25) is 10.0 Å². The molecule has 1 aromatic rings. The number of ether oxygens (including phenoxy) is 1. The first-order valence-electron chi connectivity index (χ1n) is 10.5.